The molecule has 6 aliphatic rings. The van der Waals surface area contributed by atoms with Crippen molar-refractivity contribution in [3.63, 3.8) is 0 Å². The van der Waals surface area contributed by atoms with Crippen molar-refractivity contribution in [3.05, 3.63) is 11.6 Å². The molecular weight excluding hydrogens is 536 g/mol. The van der Waals surface area contributed by atoms with Gasteiger partial charge in [-0.3, -0.25) is 14.4 Å². The first-order chi connectivity index (χ1) is 20.0. The lowest BCUT2D eigenvalue weighted by atomic mass is 9.33. The van der Waals surface area contributed by atoms with E-state index in [4.69, 9.17) is 4.74 Å². The smallest absolute Gasteiger partial charge is 0.302 e. The number of hydrogen-bond donors (Lipinski definition) is 1. The van der Waals surface area contributed by atoms with Crippen LogP contribution in [0.15, 0.2) is 11.6 Å². The number of fused-ring (bicyclic) bond motifs is 7. The molecule has 1 N–H and O–H groups in total. The predicted octanol–water partition coefficient (Wildman–Crippen LogP) is 6.72. The van der Waals surface area contributed by atoms with Gasteiger partial charge in [0.25, 0.3) is 0 Å². The van der Waals surface area contributed by atoms with Gasteiger partial charge in [0.1, 0.15) is 6.10 Å². The Balaban J connectivity index is 1.36. The second-order valence-electron chi connectivity index (χ2n) is 17.6. The van der Waals surface area contributed by atoms with Crippen LogP contribution in [0, 0.1) is 50.2 Å². The minimum Gasteiger partial charge on any atom is -0.462 e. The summed E-state index contributed by atoms with van der Waals surface area (Å²) in [4.78, 5) is 42.9. The zero-order chi connectivity index (χ0) is 31.2. The van der Waals surface area contributed by atoms with Crippen LogP contribution in [0.1, 0.15) is 120 Å². The highest BCUT2D eigenvalue weighted by Gasteiger charge is 2.70. The lowest BCUT2D eigenvalue weighted by Gasteiger charge is -2.70. The Hall–Kier alpha value is -1.69. The number of amides is 1. The zero-order valence-electron chi connectivity index (χ0n) is 28.4. The predicted molar refractivity (Wildman–Crippen MR) is 169 cm³/mol. The highest BCUT2D eigenvalue weighted by Crippen LogP contribution is 2.75. The molecule has 0 aromatic carbocycles. The van der Waals surface area contributed by atoms with Gasteiger partial charge < -0.3 is 15.0 Å². The van der Waals surface area contributed by atoms with E-state index in [1.54, 1.807) is 0 Å². The molecule has 0 radical (unpaired) electrons. The molecule has 6 heteroatoms. The largest absolute Gasteiger partial charge is 0.462 e. The monoisotopic (exact) mass is 594 g/mol. The average molecular weight is 595 g/mol. The second kappa shape index (κ2) is 10.2. The van der Waals surface area contributed by atoms with Gasteiger partial charge in [0.05, 0.1) is 0 Å². The van der Waals surface area contributed by atoms with Gasteiger partial charge in [-0.05, 0) is 110 Å². The summed E-state index contributed by atoms with van der Waals surface area (Å²) in [6.07, 6.45) is 12.0. The molecule has 4 saturated carbocycles. The van der Waals surface area contributed by atoms with Crippen molar-refractivity contribution in [2.24, 2.45) is 50.2 Å². The number of esters is 1. The van der Waals surface area contributed by atoms with Gasteiger partial charge in [0.15, 0.2) is 5.78 Å². The Kier molecular flexibility index (Phi) is 7.39. The van der Waals surface area contributed by atoms with Crippen LogP contribution in [0.4, 0.5) is 0 Å². The summed E-state index contributed by atoms with van der Waals surface area (Å²) in [5, 5.41) is 3.45. The van der Waals surface area contributed by atoms with E-state index in [1.165, 1.54) is 18.9 Å². The van der Waals surface area contributed by atoms with Gasteiger partial charge in [-0.2, -0.15) is 0 Å². The van der Waals surface area contributed by atoms with Gasteiger partial charge in [0, 0.05) is 43.3 Å². The van der Waals surface area contributed by atoms with Crippen LogP contribution >= 0.6 is 0 Å². The number of hydrogen-bond acceptors (Lipinski definition) is 5. The molecule has 1 saturated heterocycles. The number of nitrogens with one attached hydrogen (secondary N) is 1. The fraction of sp³-hybridized carbons (Fsp3) is 0.865. The number of allylic oxidation sites excluding steroid dienone is 2. The molecule has 0 bridgehead atoms. The normalized spacial score (nSPS) is 47.6. The number of carbonyl (C=O) groups excluding carboxylic acids is 3. The Morgan fingerprint density at radius 1 is 0.907 bits per heavy atom. The Bertz CT molecular complexity index is 1220. The molecule has 0 aromatic heterocycles. The van der Waals surface area contributed by atoms with E-state index >= 15 is 0 Å². The minimum absolute atomic E-state index is 0.0318. The fourth-order valence-corrected chi connectivity index (χ4v) is 12.2. The fourth-order valence-electron chi connectivity index (χ4n) is 12.2. The van der Waals surface area contributed by atoms with Crippen molar-refractivity contribution in [3.8, 4) is 0 Å². The highest BCUT2D eigenvalue weighted by atomic mass is 16.5. The molecule has 240 valence electrons. The average Bonchev–Trinajstić information content (AvgIpc) is 3.21. The summed E-state index contributed by atoms with van der Waals surface area (Å²) < 4.78 is 5.88. The molecule has 1 aliphatic heterocycles. The van der Waals surface area contributed by atoms with Gasteiger partial charge in [-0.15, -0.1) is 0 Å². The maximum Gasteiger partial charge on any atom is 0.302 e. The molecule has 1 amide bonds. The quantitative estimate of drug-likeness (QED) is 0.359. The third kappa shape index (κ3) is 4.45. The maximum absolute atomic E-state index is 14.7. The Morgan fingerprint density at radius 3 is 2.35 bits per heavy atom. The summed E-state index contributed by atoms with van der Waals surface area (Å²) in [7, 11) is 0. The summed E-state index contributed by atoms with van der Waals surface area (Å²) >= 11 is 0. The zero-order valence-corrected chi connectivity index (χ0v) is 28.4. The molecule has 0 spiro atoms. The van der Waals surface area contributed by atoms with E-state index in [0.29, 0.717) is 17.6 Å². The standard InChI is InChI=1S/C37H58N2O4/c1-24(40)43-29-11-12-35(6)28(32(29,2)3)10-13-37(8)30(35)27(41)22-25-26-23-34(5,31(42)39-20-9-18-38-19-21-39)15-14-33(26,4)16-17-36(25,37)7/h22,26,28-30,38H,9-21,23H2,1-8H3/t26-,28-,29-,30+,33+,34-,35-,36+,37+/m0/s1. The summed E-state index contributed by atoms with van der Waals surface area (Å²) in [5.74, 6) is 1.01. The lowest BCUT2D eigenvalue weighted by Crippen LogP contribution is -2.66. The number of carbonyl (C=O) groups is 3. The van der Waals surface area contributed by atoms with Crippen molar-refractivity contribution in [1.29, 1.82) is 0 Å². The van der Waals surface area contributed by atoms with Crippen LogP contribution in [-0.4, -0.2) is 54.8 Å². The topological polar surface area (TPSA) is 75.7 Å². The van der Waals surface area contributed by atoms with Crippen LogP contribution in [0.2, 0.25) is 0 Å². The van der Waals surface area contributed by atoms with Crippen LogP contribution in [0.5, 0.6) is 0 Å². The highest BCUT2D eigenvalue weighted by molar-refractivity contribution is 5.95. The molecule has 9 atom stereocenters. The summed E-state index contributed by atoms with van der Waals surface area (Å²) in [6.45, 7) is 21.6. The second-order valence-corrected chi connectivity index (χ2v) is 17.6. The van der Waals surface area contributed by atoms with E-state index < -0.39 is 0 Å². The van der Waals surface area contributed by atoms with Gasteiger partial charge >= 0.3 is 5.97 Å². The Morgan fingerprint density at radius 2 is 1.63 bits per heavy atom. The number of nitrogens with zero attached hydrogens (tertiary/aromatic N) is 1. The van der Waals surface area contributed by atoms with Gasteiger partial charge in [-0.1, -0.05) is 54.0 Å². The van der Waals surface area contributed by atoms with E-state index in [0.717, 1.165) is 84.0 Å². The molecule has 6 rings (SSSR count). The summed E-state index contributed by atoms with van der Waals surface area (Å²) in [6, 6.07) is 0. The first-order valence-corrected chi connectivity index (χ1v) is 17.5. The number of ketones is 1. The third-order valence-corrected chi connectivity index (χ3v) is 15.0. The SMILES string of the molecule is CC(=O)O[C@H]1CC[C@]2(C)[C@H]3C(=O)C=C4[C@@H]5C[C@@](C)(C(=O)N6CCCNCC6)CC[C@]5(C)CC[C@@]4(C)[C@]3(C)CC[C@H]2C1(C)C. The van der Waals surface area contributed by atoms with Crippen LogP contribution < -0.4 is 5.32 Å². The number of rotatable bonds is 2. The van der Waals surface area contributed by atoms with Crippen molar-refractivity contribution in [2.75, 3.05) is 26.2 Å². The molecule has 5 aliphatic carbocycles. The molecule has 5 fully saturated rings. The minimum atomic E-state index is -0.378. The molecule has 6 nitrogen and oxygen atoms in total. The van der Waals surface area contributed by atoms with E-state index in [2.05, 4.69) is 64.8 Å². The summed E-state index contributed by atoms with van der Waals surface area (Å²) in [5.41, 5.74) is 0.639. The van der Waals surface area contributed by atoms with Gasteiger partial charge in [0.2, 0.25) is 5.91 Å². The van der Waals surface area contributed by atoms with Crippen molar-refractivity contribution in [1.82, 2.24) is 10.2 Å². The third-order valence-electron chi connectivity index (χ3n) is 15.0. The molecule has 0 unspecified atom stereocenters. The van der Waals surface area contributed by atoms with Crippen molar-refractivity contribution in [2.45, 2.75) is 126 Å². The van der Waals surface area contributed by atoms with E-state index in [-0.39, 0.29) is 56.4 Å². The molecular formula is C37H58N2O4. The Labute approximate surface area is 260 Å². The molecule has 0 aromatic rings. The van der Waals surface area contributed by atoms with Crippen LogP contribution in [0.3, 0.4) is 0 Å². The maximum atomic E-state index is 14.7. The van der Waals surface area contributed by atoms with Crippen LogP contribution in [-0.2, 0) is 19.1 Å². The first-order valence-electron chi connectivity index (χ1n) is 17.5. The number of ether oxygens (including phenoxy) is 1. The molecule has 43 heavy (non-hydrogen) atoms. The van der Waals surface area contributed by atoms with E-state index in [9.17, 15) is 14.4 Å². The first kappa shape index (κ1) is 31.3. The van der Waals surface area contributed by atoms with Crippen LogP contribution in [0.25, 0.3) is 0 Å². The van der Waals surface area contributed by atoms with Crippen molar-refractivity contribution >= 4 is 17.7 Å². The lowest BCUT2D eigenvalue weighted by molar-refractivity contribution is -0.210. The van der Waals surface area contributed by atoms with E-state index in [1.807, 2.05) is 0 Å². The van der Waals surface area contributed by atoms with Gasteiger partial charge in [-0.25, -0.2) is 0 Å². The van der Waals surface area contributed by atoms with Crippen molar-refractivity contribution < 1.29 is 19.1 Å². The molecule has 1 heterocycles.